The van der Waals surface area contributed by atoms with Gasteiger partial charge in [0.1, 0.15) is 0 Å². The smallest absolute Gasteiger partial charge is 0.260 e. The van der Waals surface area contributed by atoms with Crippen LogP contribution in [0.15, 0.2) is 72.8 Å². The summed E-state index contributed by atoms with van der Waals surface area (Å²) in [5, 5.41) is 9.89. The van der Waals surface area contributed by atoms with E-state index in [0.29, 0.717) is 6.42 Å². The number of hydrogen-bond acceptors (Lipinski definition) is 2. The van der Waals surface area contributed by atoms with E-state index in [1.165, 1.54) is 0 Å². The number of benzene rings is 2. The number of hydrogen-bond donors (Lipinski definition) is 1. The van der Waals surface area contributed by atoms with Gasteiger partial charge < -0.3 is 5.11 Å². The van der Waals surface area contributed by atoms with Crippen molar-refractivity contribution in [1.29, 1.82) is 0 Å². The molecular weight excluding hydrogens is 262 g/mol. The van der Waals surface area contributed by atoms with Crippen LogP contribution in [0.3, 0.4) is 0 Å². The number of rotatable bonds is 5. The number of carbonyl (C=O) groups excluding carboxylic acids is 1. The first-order valence-corrected chi connectivity index (χ1v) is 6.96. The molecular formula is C18H19NO2. The van der Waals surface area contributed by atoms with E-state index in [9.17, 15) is 9.90 Å². The zero-order valence-electron chi connectivity index (χ0n) is 12.1. The van der Waals surface area contributed by atoms with Crippen molar-refractivity contribution < 1.29 is 9.90 Å². The summed E-state index contributed by atoms with van der Waals surface area (Å²) in [5.41, 5.74) is 1.70. The van der Waals surface area contributed by atoms with Crippen molar-refractivity contribution in [3.63, 3.8) is 0 Å². The molecule has 108 valence electrons. The number of nitrogens with zero attached hydrogens (tertiary/aromatic N) is 1. The highest BCUT2D eigenvalue weighted by molar-refractivity contribution is 6.10. The average Bonchev–Trinajstić information content (AvgIpc) is 2.55. The molecule has 0 saturated heterocycles. The molecule has 3 heteroatoms. The predicted octanol–water partition coefficient (Wildman–Crippen LogP) is 3.68. The van der Waals surface area contributed by atoms with E-state index in [0.717, 1.165) is 11.4 Å². The van der Waals surface area contributed by atoms with Crippen molar-refractivity contribution in [3.8, 4) is 0 Å². The molecule has 0 bridgehead atoms. The lowest BCUT2D eigenvalue weighted by molar-refractivity contribution is -0.115. The van der Waals surface area contributed by atoms with Crippen molar-refractivity contribution in [1.82, 2.24) is 0 Å². The van der Waals surface area contributed by atoms with E-state index >= 15 is 0 Å². The quantitative estimate of drug-likeness (QED) is 0.849. The van der Waals surface area contributed by atoms with Crippen molar-refractivity contribution in [2.45, 2.75) is 19.4 Å². The Bertz CT molecular complexity index is 568. The molecule has 1 N–H and O–H groups in total. The molecule has 0 aliphatic carbocycles. The summed E-state index contributed by atoms with van der Waals surface area (Å²) < 4.78 is 0. The maximum Gasteiger partial charge on any atom is 0.260 e. The van der Waals surface area contributed by atoms with Crippen LogP contribution in [0, 0.1) is 0 Å². The maximum absolute atomic E-state index is 12.7. The van der Waals surface area contributed by atoms with Crippen LogP contribution in [0.5, 0.6) is 0 Å². The minimum absolute atomic E-state index is 0.199. The van der Waals surface area contributed by atoms with Crippen molar-refractivity contribution in [3.05, 3.63) is 72.8 Å². The fourth-order valence-electron chi connectivity index (χ4n) is 2.07. The van der Waals surface area contributed by atoms with E-state index in [1.807, 2.05) is 67.6 Å². The van der Waals surface area contributed by atoms with Gasteiger partial charge in [-0.2, -0.15) is 0 Å². The molecule has 0 spiro atoms. The van der Waals surface area contributed by atoms with Crippen LogP contribution in [0.1, 0.15) is 13.3 Å². The fraction of sp³-hybridized carbons (Fsp3) is 0.167. The van der Waals surface area contributed by atoms with Gasteiger partial charge in [0.25, 0.3) is 5.91 Å². The van der Waals surface area contributed by atoms with Gasteiger partial charge in [0.15, 0.2) is 0 Å². The van der Waals surface area contributed by atoms with Crippen LogP contribution in [0.4, 0.5) is 11.4 Å². The summed E-state index contributed by atoms with van der Waals surface area (Å²) in [4.78, 5) is 14.3. The second kappa shape index (κ2) is 6.86. The zero-order chi connectivity index (χ0) is 15.2. The Morgan fingerprint density at radius 1 is 1.05 bits per heavy atom. The molecule has 1 amide bonds. The molecule has 0 aliphatic rings. The first kappa shape index (κ1) is 15.0. The third-order valence-corrected chi connectivity index (χ3v) is 3.30. The molecule has 0 aromatic heterocycles. The van der Waals surface area contributed by atoms with E-state index in [2.05, 4.69) is 6.58 Å². The highest BCUT2D eigenvalue weighted by Gasteiger charge is 2.23. The van der Waals surface area contributed by atoms with Gasteiger partial charge in [0, 0.05) is 16.9 Å². The van der Waals surface area contributed by atoms with Gasteiger partial charge in [0.2, 0.25) is 0 Å². The molecule has 0 aliphatic heterocycles. The molecule has 0 fully saturated rings. The number of para-hydroxylation sites is 2. The molecule has 21 heavy (non-hydrogen) atoms. The third-order valence-electron chi connectivity index (χ3n) is 3.30. The first-order chi connectivity index (χ1) is 10.1. The van der Waals surface area contributed by atoms with Gasteiger partial charge in [-0.3, -0.25) is 9.69 Å². The second-order valence-electron chi connectivity index (χ2n) is 4.76. The third kappa shape index (κ3) is 3.38. The molecule has 2 aromatic carbocycles. The van der Waals surface area contributed by atoms with E-state index in [4.69, 9.17) is 0 Å². The molecule has 2 aromatic rings. The Hall–Kier alpha value is -2.39. The summed E-state index contributed by atoms with van der Waals surface area (Å²) >= 11 is 0. The summed E-state index contributed by atoms with van der Waals surface area (Å²) in [6.07, 6.45) is -0.366. The number of aliphatic hydroxyl groups excluding tert-OH is 1. The van der Waals surface area contributed by atoms with Crippen LogP contribution in [0.2, 0.25) is 0 Å². The van der Waals surface area contributed by atoms with Crippen molar-refractivity contribution in [2.75, 3.05) is 4.90 Å². The normalized spacial score (nSPS) is 11.7. The number of carbonyl (C=O) groups is 1. The van der Waals surface area contributed by atoms with Crippen molar-refractivity contribution in [2.24, 2.45) is 0 Å². The highest BCUT2D eigenvalue weighted by Crippen LogP contribution is 2.27. The molecule has 0 saturated carbocycles. The Balaban J connectivity index is 2.43. The minimum atomic E-state index is -0.826. The Kier molecular flexibility index (Phi) is 4.90. The maximum atomic E-state index is 12.7. The summed E-state index contributed by atoms with van der Waals surface area (Å²) in [5.74, 6) is -0.290. The highest BCUT2D eigenvalue weighted by atomic mass is 16.3. The number of amides is 1. The number of aliphatic hydroxyl groups is 1. The van der Waals surface area contributed by atoms with Crippen LogP contribution in [-0.4, -0.2) is 17.1 Å². The monoisotopic (exact) mass is 281 g/mol. The molecule has 3 nitrogen and oxygen atoms in total. The lowest BCUT2D eigenvalue weighted by Gasteiger charge is -2.25. The molecule has 0 radical (unpaired) electrons. The average molecular weight is 281 g/mol. The van der Waals surface area contributed by atoms with Gasteiger partial charge in [0.05, 0.1) is 6.10 Å². The standard InChI is InChI=1S/C18H19NO2/c1-3-17(20)14(2)18(21)19(15-10-6-4-7-11-15)16-12-8-5-9-13-16/h4-13,17,20H,2-3H2,1H3. The summed E-state index contributed by atoms with van der Waals surface area (Å²) in [6.45, 7) is 5.57. The Morgan fingerprint density at radius 2 is 1.48 bits per heavy atom. The first-order valence-electron chi connectivity index (χ1n) is 6.96. The lowest BCUT2D eigenvalue weighted by Crippen LogP contribution is -2.31. The topological polar surface area (TPSA) is 40.5 Å². The molecule has 1 atom stereocenters. The van der Waals surface area contributed by atoms with Crippen LogP contribution < -0.4 is 4.90 Å². The molecule has 0 heterocycles. The second-order valence-corrected chi connectivity index (χ2v) is 4.76. The van der Waals surface area contributed by atoms with Crippen LogP contribution in [0.25, 0.3) is 0 Å². The van der Waals surface area contributed by atoms with Crippen molar-refractivity contribution >= 4 is 17.3 Å². The van der Waals surface area contributed by atoms with Crippen LogP contribution >= 0.6 is 0 Å². The largest absolute Gasteiger partial charge is 0.388 e. The minimum Gasteiger partial charge on any atom is -0.388 e. The van der Waals surface area contributed by atoms with E-state index < -0.39 is 6.10 Å². The van der Waals surface area contributed by atoms with Crippen LogP contribution in [-0.2, 0) is 4.79 Å². The number of anilines is 2. The Labute approximate surface area is 125 Å². The lowest BCUT2D eigenvalue weighted by atomic mass is 10.1. The van der Waals surface area contributed by atoms with Gasteiger partial charge in [-0.15, -0.1) is 0 Å². The summed E-state index contributed by atoms with van der Waals surface area (Å²) in [6, 6.07) is 18.7. The predicted molar refractivity (Wildman–Crippen MR) is 85.5 cm³/mol. The Morgan fingerprint density at radius 3 is 1.86 bits per heavy atom. The van der Waals surface area contributed by atoms with Gasteiger partial charge >= 0.3 is 0 Å². The molecule has 2 rings (SSSR count). The van der Waals surface area contributed by atoms with Gasteiger partial charge in [-0.25, -0.2) is 0 Å². The fourth-order valence-corrected chi connectivity index (χ4v) is 2.07. The van der Waals surface area contributed by atoms with E-state index in [1.54, 1.807) is 4.90 Å². The SMILES string of the molecule is C=C(C(=O)N(c1ccccc1)c1ccccc1)C(O)CC. The molecule has 1 unspecified atom stereocenters. The zero-order valence-corrected chi connectivity index (χ0v) is 12.1. The van der Waals surface area contributed by atoms with Gasteiger partial charge in [-0.05, 0) is 30.7 Å². The van der Waals surface area contributed by atoms with Gasteiger partial charge in [-0.1, -0.05) is 49.9 Å². The summed E-state index contributed by atoms with van der Waals surface area (Å²) in [7, 11) is 0. The van der Waals surface area contributed by atoms with E-state index in [-0.39, 0.29) is 11.5 Å².